The molecule has 0 aliphatic rings. The lowest BCUT2D eigenvalue weighted by Crippen LogP contribution is -2.29. The van der Waals surface area contributed by atoms with Crippen molar-refractivity contribution in [3.8, 4) is 5.69 Å². The van der Waals surface area contributed by atoms with Gasteiger partial charge in [-0.25, -0.2) is 4.79 Å². The van der Waals surface area contributed by atoms with E-state index in [9.17, 15) is 13.6 Å². The van der Waals surface area contributed by atoms with Gasteiger partial charge in [0.2, 0.25) is 0 Å². The minimum atomic E-state index is -2.56. The first-order valence-electron chi connectivity index (χ1n) is 7.66. The zero-order chi connectivity index (χ0) is 18.4. The van der Waals surface area contributed by atoms with Crippen LogP contribution < -0.4 is 10.6 Å². The highest BCUT2D eigenvalue weighted by molar-refractivity contribution is 7.99. The second-order valence-corrected chi connectivity index (χ2v) is 6.17. The molecule has 0 radical (unpaired) electrons. The number of aromatic nitrogens is 3. The van der Waals surface area contributed by atoms with Crippen LogP contribution in [-0.2, 0) is 6.54 Å². The molecule has 134 valence electrons. The van der Waals surface area contributed by atoms with Crippen LogP contribution in [-0.4, -0.2) is 26.6 Å². The molecule has 0 aliphatic heterocycles. The third kappa shape index (κ3) is 4.57. The third-order valence-corrected chi connectivity index (χ3v) is 4.20. The molecule has 2 N–H and O–H groups in total. The van der Waals surface area contributed by atoms with Gasteiger partial charge in [0.1, 0.15) is 6.33 Å². The third-order valence-electron chi connectivity index (χ3n) is 3.41. The zero-order valence-corrected chi connectivity index (χ0v) is 14.3. The highest BCUT2D eigenvalue weighted by Crippen LogP contribution is 2.31. The zero-order valence-electron chi connectivity index (χ0n) is 13.5. The highest BCUT2D eigenvalue weighted by atomic mass is 32.2. The maximum Gasteiger partial charge on any atom is 0.319 e. The number of alkyl halides is 2. The Morgan fingerprint density at radius 3 is 2.62 bits per heavy atom. The largest absolute Gasteiger partial charge is 0.331 e. The minimum absolute atomic E-state index is 0.130. The van der Waals surface area contributed by atoms with E-state index in [-0.39, 0.29) is 6.54 Å². The van der Waals surface area contributed by atoms with Crippen molar-refractivity contribution < 1.29 is 13.6 Å². The number of amides is 2. The summed E-state index contributed by atoms with van der Waals surface area (Å²) in [5.41, 5.74) is 1.19. The molecule has 0 aliphatic carbocycles. The van der Waals surface area contributed by atoms with Crippen LogP contribution in [0.3, 0.4) is 0 Å². The number of hydrogen-bond donors (Lipinski definition) is 2. The first kappa shape index (κ1) is 17.9. The predicted octanol–water partition coefficient (Wildman–Crippen LogP) is 3.90. The van der Waals surface area contributed by atoms with E-state index in [1.807, 2.05) is 30.3 Å². The van der Waals surface area contributed by atoms with Crippen molar-refractivity contribution >= 4 is 23.5 Å². The van der Waals surface area contributed by atoms with Crippen molar-refractivity contribution in [3.05, 3.63) is 66.7 Å². The molecule has 0 fully saturated rings. The van der Waals surface area contributed by atoms with Crippen LogP contribution in [0.2, 0.25) is 0 Å². The van der Waals surface area contributed by atoms with Gasteiger partial charge in [-0.15, -0.1) is 10.2 Å². The molecular weight excluding hydrogens is 360 g/mol. The smallest absolute Gasteiger partial charge is 0.319 e. The number of halogens is 2. The highest BCUT2D eigenvalue weighted by Gasteiger charge is 2.12. The second kappa shape index (κ2) is 8.43. The van der Waals surface area contributed by atoms with Crippen LogP contribution in [0, 0.1) is 0 Å². The van der Waals surface area contributed by atoms with Crippen LogP contribution in [0.4, 0.5) is 19.3 Å². The van der Waals surface area contributed by atoms with E-state index in [1.165, 1.54) is 6.07 Å². The maximum absolute atomic E-state index is 12.6. The van der Waals surface area contributed by atoms with Gasteiger partial charge in [-0.2, -0.15) is 8.78 Å². The summed E-state index contributed by atoms with van der Waals surface area (Å²) >= 11 is 0.380. The molecule has 6 nitrogen and oxygen atoms in total. The molecule has 0 atom stereocenters. The standard InChI is InChI=1S/C17H15F2N5OS/c18-16(19)26-14-9-5-4-8-13(14)22-17(25)20-10-15-23-21-11-24(15)12-6-2-1-3-7-12/h1-9,11,16H,10H2,(H2,20,22,25). The van der Waals surface area contributed by atoms with Crippen LogP contribution in [0.15, 0.2) is 65.8 Å². The fourth-order valence-electron chi connectivity index (χ4n) is 2.28. The number of thioether (sulfide) groups is 1. The number of carbonyl (C=O) groups excluding carboxylic acids is 1. The Hall–Kier alpha value is -2.94. The van der Waals surface area contributed by atoms with Crippen LogP contribution in [0.1, 0.15) is 5.82 Å². The SMILES string of the molecule is O=C(NCc1nncn1-c1ccccc1)Nc1ccccc1SC(F)F. The Bertz CT molecular complexity index is 872. The van der Waals surface area contributed by atoms with Crippen molar-refractivity contribution in [2.75, 3.05) is 5.32 Å². The van der Waals surface area contributed by atoms with Gasteiger partial charge in [-0.1, -0.05) is 42.1 Å². The number of hydrogen-bond acceptors (Lipinski definition) is 4. The Kier molecular flexibility index (Phi) is 5.80. The molecule has 0 spiro atoms. The van der Waals surface area contributed by atoms with Crippen LogP contribution >= 0.6 is 11.8 Å². The summed E-state index contributed by atoms with van der Waals surface area (Å²) < 4.78 is 26.9. The van der Waals surface area contributed by atoms with E-state index in [0.717, 1.165) is 5.69 Å². The summed E-state index contributed by atoms with van der Waals surface area (Å²) in [6.45, 7) is 0.130. The van der Waals surface area contributed by atoms with E-state index in [2.05, 4.69) is 20.8 Å². The van der Waals surface area contributed by atoms with Gasteiger partial charge in [0, 0.05) is 10.6 Å². The van der Waals surface area contributed by atoms with E-state index in [4.69, 9.17) is 0 Å². The first-order chi connectivity index (χ1) is 12.6. The molecule has 26 heavy (non-hydrogen) atoms. The summed E-state index contributed by atoms with van der Waals surface area (Å²) in [5.74, 6) is -2.02. The van der Waals surface area contributed by atoms with Crippen molar-refractivity contribution in [2.45, 2.75) is 17.2 Å². The summed E-state index contributed by atoms with van der Waals surface area (Å²) in [6, 6.07) is 15.3. The number of carbonyl (C=O) groups is 1. The molecule has 1 aromatic heterocycles. The number of urea groups is 1. The Morgan fingerprint density at radius 2 is 1.85 bits per heavy atom. The van der Waals surface area contributed by atoms with Gasteiger partial charge in [-0.3, -0.25) is 4.57 Å². The Labute approximate surface area is 152 Å². The number of para-hydroxylation sites is 2. The summed E-state index contributed by atoms with van der Waals surface area (Å²) in [4.78, 5) is 12.4. The number of nitrogens with one attached hydrogen (secondary N) is 2. The average molecular weight is 375 g/mol. The topological polar surface area (TPSA) is 71.8 Å². The molecular formula is C17H15F2N5OS. The van der Waals surface area contributed by atoms with E-state index in [1.54, 1.807) is 29.1 Å². The quantitative estimate of drug-likeness (QED) is 0.641. The second-order valence-electron chi connectivity index (χ2n) is 5.14. The predicted molar refractivity (Wildman–Crippen MR) is 95.5 cm³/mol. The number of nitrogens with zero attached hydrogens (tertiary/aromatic N) is 3. The van der Waals surface area contributed by atoms with Crippen molar-refractivity contribution in [1.82, 2.24) is 20.1 Å². The van der Waals surface area contributed by atoms with Crippen LogP contribution in [0.5, 0.6) is 0 Å². The minimum Gasteiger partial charge on any atom is -0.331 e. The van der Waals surface area contributed by atoms with Gasteiger partial charge >= 0.3 is 6.03 Å². The molecule has 2 aromatic carbocycles. The van der Waals surface area contributed by atoms with Crippen LogP contribution in [0.25, 0.3) is 5.69 Å². The van der Waals surface area contributed by atoms with Gasteiger partial charge < -0.3 is 10.6 Å². The van der Waals surface area contributed by atoms with Gasteiger partial charge in [0.05, 0.1) is 12.2 Å². The monoisotopic (exact) mass is 375 g/mol. The van der Waals surface area contributed by atoms with E-state index >= 15 is 0 Å². The van der Waals surface area contributed by atoms with E-state index in [0.29, 0.717) is 28.2 Å². The van der Waals surface area contributed by atoms with Crippen molar-refractivity contribution in [3.63, 3.8) is 0 Å². The molecule has 3 aromatic rings. The Balaban J connectivity index is 1.64. The number of benzene rings is 2. The van der Waals surface area contributed by atoms with Gasteiger partial charge in [-0.05, 0) is 24.3 Å². The normalized spacial score (nSPS) is 10.7. The molecule has 0 saturated carbocycles. The fourth-order valence-corrected chi connectivity index (χ4v) is 2.87. The average Bonchev–Trinajstić information content (AvgIpc) is 3.10. The summed E-state index contributed by atoms with van der Waals surface area (Å²) in [7, 11) is 0. The lowest BCUT2D eigenvalue weighted by Gasteiger charge is -2.11. The maximum atomic E-state index is 12.6. The first-order valence-corrected chi connectivity index (χ1v) is 8.54. The van der Waals surface area contributed by atoms with Crippen molar-refractivity contribution in [2.24, 2.45) is 0 Å². The molecule has 2 amide bonds. The fraction of sp³-hybridized carbons (Fsp3) is 0.118. The summed E-state index contributed by atoms with van der Waals surface area (Å²) in [5, 5.41) is 13.1. The molecule has 3 rings (SSSR count). The van der Waals surface area contributed by atoms with Crippen molar-refractivity contribution in [1.29, 1.82) is 0 Å². The Morgan fingerprint density at radius 1 is 1.12 bits per heavy atom. The molecule has 0 saturated heterocycles. The van der Waals surface area contributed by atoms with E-state index < -0.39 is 11.8 Å². The molecule has 9 heteroatoms. The number of rotatable bonds is 6. The lowest BCUT2D eigenvalue weighted by atomic mass is 10.3. The summed E-state index contributed by atoms with van der Waals surface area (Å²) in [6.07, 6.45) is 1.55. The molecule has 1 heterocycles. The van der Waals surface area contributed by atoms with Gasteiger partial charge in [0.15, 0.2) is 5.82 Å². The number of anilines is 1. The lowest BCUT2D eigenvalue weighted by molar-refractivity contribution is 0.250. The molecule has 0 bridgehead atoms. The molecule has 0 unspecified atom stereocenters. The van der Waals surface area contributed by atoms with Gasteiger partial charge in [0.25, 0.3) is 5.76 Å².